The maximum Gasteiger partial charge on any atom is 0.278 e. The van der Waals surface area contributed by atoms with Gasteiger partial charge in [-0.05, 0) is 25.3 Å². The third kappa shape index (κ3) is 2.74. The van der Waals surface area contributed by atoms with E-state index in [1.807, 2.05) is 0 Å². The van der Waals surface area contributed by atoms with E-state index in [0.29, 0.717) is 12.8 Å². The minimum absolute atomic E-state index is 0.0245. The van der Waals surface area contributed by atoms with Crippen molar-refractivity contribution in [2.75, 3.05) is 0 Å². The SMILES string of the molecule is NC(=O)C1CCCC(C(F)(F)c2ccccc2F)C1. The van der Waals surface area contributed by atoms with E-state index in [2.05, 4.69) is 0 Å². The molecule has 0 radical (unpaired) electrons. The van der Waals surface area contributed by atoms with Crippen LogP contribution in [0.4, 0.5) is 13.2 Å². The molecule has 2 unspecified atom stereocenters. The van der Waals surface area contributed by atoms with Gasteiger partial charge < -0.3 is 5.73 Å². The second kappa shape index (κ2) is 5.23. The summed E-state index contributed by atoms with van der Waals surface area (Å²) < 4.78 is 42.2. The first-order valence-corrected chi connectivity index (χ1v) is 6.35. The van der Waals surface area contributed by atoms with E-state index in [4.69, 9.17) is 5.73 Å². The first-order valence-electron chi connectivity index (χ1n) is 6.35. The van der Waals surface area contributed by atoms with Gasteiger partial charge in [0.25, 0.3) is 5.92 Å². The fraction of sp³-hybridized carbons (Fsp3) is 0.500. The van der Waals surface area contributed by atoms with E-state index in [9.17, 15) is 18.0 Å². The molecule has 0 aromatic heterocycles. The second-order valence-electron chi connectivity index (χ2n) is 5.07. The summed E-state index contributed by atoms with van der Waals surface area (Å²) in [6.07, 6.45) is 1.36. The van der Waals surface area contributed by atoms with Gasteiger partial charge in [-0.25, -0.2) is 13.2 Å². The minimum atomic E-state index is -3.26. The van der Waals surface area contributed by atoms with Crippen LogP contribution in [0.2, 0.25) is 0 Å². The van der Waals surface area contributed by atoms with Crippen LogP contribution in [-0.2, 0) is 10.7 Å². The molecule has 104 valence electrons. The molecule has 0 bridgehead atoms. The van der Waals surface area contributed by atoms with Crippen molar-refractivity contribution in [2.45, 2.75) is 31.6 Å². The zero-order valence-corrected chi connectivity index (χ0v) is 10.4. The third-order valence-electron chi connectivity index (χ3n) is 3.82. The molecule has 1 aliphatic carbocycles. The first kappa shape index (κ1) is 13.9. The number of benzene rings is 1. The van der Waals surface area contributed by atoms with E-state index in [1.54, 1.807) is 0 Å². The average Bonchev–Trinajstić information content (AvgIpc) is 2.39. The Morgan fingerprint density at radius 1 is 1.26 bits per heavy atom. The molecular formula is C14H16F3NO. The van der Waals surface area contributed by atoms with Gasteiger partial charge in [-0.2, -0.15) is 0 Å². The number of carbonyl (C=O) groups excluding carboxylic acids is 1. The van der Waals surface area contributed by atoms with E-state index in [-0.39, 0.29) is 12.8 Å². The zero-order valence-electron chi connectivity index (χ0n) is 10.4. The average molecular weight is 271 g/mol. The summed E-state index contributed by atoms with van der Waals surface area (Å²) in [7, 11) is 0. The highest BCUT2D eigenvalue weighted by molar-refractivity contribution is 5.76. The predicted molar refractivity (Wildman–Crippen MR) is 64.9 cm³/mol. The normalized spacial score (nSPS) is 24.2. The van der Waals surface area contributed by atoms with Crippen LogP contribution >= 0.6 is 0 Å². The lowest BCUT2D eigenvalue weighted by Gasteiger charge is -2.33. The maximum atomic E-state index is 14.3. The van der Waals surface area contributed by atoms with Crippen LogP contribution in [0.3, 0.4) is 0 Å². The van der Waals surface area contributed by atoms with Crippen molar-refractivity contribution in [1.29, 1.82) is 0 Å². The Bertz CT molecular complexity index is 476. The Morgan fingerprint density at radius 2 is 1.95 bits per heavy atom. The van der Waals surface area contributed by atoms with Gasteiger partial charge in [0.2, 0.25) is 5.91 Å². The number of primary amides is 1. The van der Waals surface area contributed by atoms with Crippen molar-refractivity contribution < 1.29 is 18.0 Å². The quantitative estimate of drug-likeness (QED) is 0.901. The van der Waals surface area contributed by atoms with Crippen LogP contribution in [0, 0.1) is 17.7 Å². The van der Waals surface area contributed by atoms with Gasteiger partial charge in [0.05, 0.1) is 5.56 Å². The van der Waals surface area contributed by atoms with E-state index in [0.717, 1.165) is 12.1 Å². The lowest BCUT2D eigenvalue weighted by atomic mass is 9.76. The van der Waals surface area contributed by atoms with Crippen LogP contribution in [-0.4, -0.2) is 5.91 Å². The molecule has 19 heavy (non-hydrogen) atoms. The van der Waals surface area contributed by atoms with Gasteiger partial charge in [-0.3, -0.25) is 4.79 Å². The van der Waals surface area contributed by atoms with E-state index in [1.165, 1.54) is 12.1 Å². The van der Waals surface area contributed by atoms with Crippen LogP contribution in [0.1, 0.15) is 31.2 Å². The van der Waals surface area contributed by atoms with Gasteiger partial charge >= 0.3 is 0 Å². The molecule has 0 heterocycles. The predicted octanol–water partition coefficient (Wildman–Crippen LogP) is 3.21. The number of nitrogens with two attached hydrogens (primary N) is 1. The third-order valence-corrected chi connectivity index (χ3v) is 3.82. The van der Waals surface area contributed by atoms with Gasteiger partial charge in [0, 0.05) is 11.8 Å². The lowest BCUT2D eigenvalue weighted by molar-refractivity contribution is -0.127. The molecule has 2 N–H and O–H groups in total. The molecule has 1 aromatic carbocycles. The smallest absolute Gasteiger partial charge is 0.278 e. The largest absolute Gasteiger partial charge is 0.369 e. The highest BCUT2D eigenvalue weighted by Gasteiger charge is 2.45. The van der Waals surface area contributed by atoms with Crippen molar-refractivity contribution >= 4 is 5.91 Å². The van der Waals surface area contributed by atoms with Crippen LogP contribution < -0.4 is 5.73 Å². The highest BCUT2D eigenvalue weighted by atomic mass is 19.3. The fourth-order valence-electron chi connectivity index (χ4n) is 2.73. The number of carbonyl (C=O) groups is 1. The molecular weight excluding hydrogens is 255 g/mol. The molecule has 1 fully saturated rings. The number of hydrogen-bond acceptors (Lipinski definition) is 1. The molecule has 5 heteroatoms. The number of hydrogen-bond donors (Lipinski definition) is 1. The Kier molecular flexibility index (Phi) is 3.83. The monoisotopic (exact) mass is 271 g/mol. The topological polar surface area (TPSA) is 43.1 Å². The number of rotatable bonds is 3. The molecule has 1 aliphatic rings. The molecule has 2 atom stereocenters. The summed E-state index contributed by atoms with van der Waals surface area (Å²) in [4.78, 5) is 11.1. The second-order valence-corrected chi connectivity index (χ2v) is 5.07. The van der Waals surface area contributed by atoms with E-state index < -0.39 is 35.0 Å². The molecule has 1 saturated carbocycles. The summed E-state index contributed by atoms with van der Waals surface area (Å²) in [5, 5.41) is 0. The Labute approximate surface area is 109 Å². The fourth-order valence-corrected chi connectivity index (χ4v) is 2.73. The molecule has 0 spiro atoms. The zero-order chi connectivity index (χ0) is 14.0. The maximum absolute atomic E-state index is 14.3. The molecule has 1 aromatic rings. The summed E-state index contributed by atoms with van der Waals surface area (Å²) in [5.74, 6) is -6.28. The molecule has 0 saturated heterocycles. The summed E-state index contributed by atoms with van der Waals surface area (Å²) in [6.45, 7) is 0. The van der Waals surface area contributed by atoms with Crippen LogP contribution in [0.15, 0.2) is 24.3 Å². The van der Waals surface area contributed by atoms with Gasteiger partial charge in [-0.1, -0.05) is 24.6 Å². The van der Waals surface area contributed by atoms with Crippen molar-refractivity contribution in [3.05, 3.63) is 35.6 Å². The highest BCUT2D eigenvalue weighted by Crippen LogP contribution is 2.45. The Morgan fingerprint density at radius 3 is 2.58 bits per heavy atom. The summed E-state index contributed by atoms with van der Waals surface area (Å²) in [5.41, 5.74) is 4.59. The molecule has 1 amide bonds. The van der Waals surface area contributed by atoms with Crippen LogP contribution in [0.5, 0.6) is 0 Å². The van der Waals surface area contributed by atoms with Crippen molar-refractivity contribution in [3.8, 4) is 0 Å². The number of alkyl halides is 2. The standard InChI is InChI=1S/C14H16F3NO/c15-12-7-2-1-6-11(12)14(16,17)10-5-3-4-9(8-10)13(18)19/h1-2,6-7,9-10H,3-5,8H2,(H2,18,19). The molecule has 2 nitrogen and oxygen atoms in total. The molecule has 0 aliphatic heterocycles. The number of amides is 1. The summed E-state index contributed by atoms with van der Waals surface area (Å²) in [6, 6.07) is 4.89. The molecule has 2 rings (SSSR count). The van der Waals surface area contributed by atoms with Crippen molar-refractivity contribution in [3.63, 3.8) is 0 Å². The van der Waals surface area contributed by atoms with Gasteiger partial charge in [-0.15, -0.1) is 0 Å². The van der Waals surface area contributed by atoms with Crippen LogP contribution in [0.25, 0.3) is 0 Å². The van der Waals surface area contributed by atoms with Gasteiger partial charge in [0.1, 0.15) is 5.82 Å². The van der Waals surface area contributed by atoms with Gasteiger partial charge in [0.15, 0.2) is 0 Å². The van der Waals surface area contributed by atoms with Crippen molar-refractivity contribution in [2.24, 2.45) is 17.6 Å². The van der Waals surface area contributed by atoms with E-state index >= 15 is 0 Å². The Balaban J connectivity index is 2.24. The van der Waals surface area contributed by atoms with Crippen molar-refractivity contribution in [1.82, 2.24) is 0 Å². The lowest BCUT2D eigenvalue weighted by Crippen LogP contribution is -2.35. The minimum Gasteiger partial charge on any atom is -0.369 e. The number of halogens is 3. The summed E-state index contributed by atoms with van der Waals surface area (Å²) >= 11 is 0. The Hall–Kier alpha value is -1.52. The first-order chi connectivity index (χ1) is 8.93.